The molecule has 88 heavy (non-hydrogen) atoms. The summed E-state index contributed by atoms with van der Waals surface area (Å²) in [6, 6.07) is -6.78. The number of nitrogens with one attached hydrogen (secondary N) is 6. The Balaban J connectivity index is 1.43. The van der Waals surface area contributed by atoms with Gasteiger partial charge in [-0.2, -0.15) is 0 Å². The summed E-state index contributed by atoms with van der Waals surface area (Å²) in [4.78, 5) is 133. The van der Waals surface area contributed by atoms with Gasteiger partial charge in [-0.15, -0.1) is 0 Å². The lowest BCUT2D eigenvalue weighted by atomic mass is 10.1. The average molecular weight is 1240 g/mol. The number of likely N-dealkylation sites (tertiary alicyclic amines) is 4. The molecular weight excluding hydrogens is 1130 g/mol. The molecule has 0 spiro atoms. The molecule has 0 saturated carbocycles. The highest BCUT2D eigenvalue weighted by atomic mass is 16.2. The Labute approximate surface area is 522 Å². The van der Waals surface area contributed by atoms with Crippen molar-refractivity contribution in [3.05, 3.63) is 0 Å². The molecule has 0 bridgehead atoms. The molecule has 28 heteroatoms. The van der Waals surface area contributed by atoms with E-state index in [4.69, 9.17) is 40.1 Å². The number of hydrogen-bond acceptors (Lipinski definition) is 14. The van der Waals surface area contributed by atoms with E-state index in [9.17, 15) is 38.4 Å². The van der Waals surface area contributed by atoms with Crippen molar-refractivity contribution < 1.29 is 38.4 Å². The van der Waals surface area contributed by atoms with Crippen LogP contribution in [0.1, 0.15) is 187 Å². The molecule has 4 heterocycles. The van der Waals surface area contributed by atoms with E-state index in [0.717, 1.165) is 64.6 Å². The Kier molecular flexibility index (Phi) is 35.6. The van der Waals surface area contributed by atoms with E-state index in [1.165, 1.54) is 46.8 Å². The van der Waals surface area contributed by atoms with E-state index in [1.54, 1.807) is 4.90 Å². The van der Waals surface area contributed by atoms with Crippen LogP contribution in [0.2, 0.25) is 0 Å². The Morgan fingerprint density at radius 1 is 0.432 bits per heavy atom. The lowest BCUT2D eigenvalue weighted by Crippen LogP contribution is -2.59. The van der Waals surface area contributed by atoms with Crippen molar-refractivity contribution in [1.29, 1.82) is 0 Å². The number of carbonyl (C=O) groups is 8. The second kappa shape index (κ2) is 42.4. The number of rotatable bonds is 44. The van der Waals surface area contributed by atoms with Gasteiger partial charge in [0.05, 0.1) is 0 Å². The lowest BCUT2D eigenvalue weighted by Gasteiger charge is -2.34. The number of hydrogen-bond donors (Lipinski definition) is 13. The van der Waals surface area contributed by atoms with Gasteiger partial charge < -0.3 is 91.6 Å². The van der Waals surface area contributed by atoms with Crippen molar-refractivity contribution in [3.63, 3.8) is 0 Å². The predicted octanol–water partition coefficient (Wildman–Crippen LogP) is -0.699. The summed E-state index contributed by atoms with van der Waals surface area (Å²) in [7, 11) is 0. The van der Waals surface area contributed by atoms with Gasteiger partial charge in [0.15, 0.2) is 17.9 Å². The van der Waals surface area contributed by atoms with Crippen LogP contribution < -0.4 is 72.0 Å². The summed E-state index contributed by atoms with van der Waals surface area (Å²) in [5, 5.41) is 18.5. The fourth-order valence-electron chi connectivity index (χ4n) is 12.2. The van der Waals surface area contributed by atoms with Crippen molar-refractivity contribution >= 4 is 65.1 Å². The van der Waals surface area contributed by atoms with Crippen LogP contribution in [0.5, 0.6) is 0 Å². The van der Waals surface area contributed by atoms with Crippen LogP contribution in [0.3, 0.4) is 0 Å². The van der Waals surface area contributed by atoms with Crippen LogP contribution in [0, 0.1) is 0 Å². The van der Waals surface area contributed by atoms with Gasteiger partial charge in [-0.05, 0) is 155 Å². The molecule has 0 unspecified atom stereocenters. The van der Waals surface area contributed by atoms with E-state index in [-0.39, 0.29) is 101 Å². The molecule has 4 fully saturated rings. The third-order valence-electron chi connectivity index (χ3n) is 16.9. The van der Waals surface area contributed by atoms with Crippen molar-refractivity contribution in [1.82, 2.24) is 51.5 Å². The topological polar surface area (TPSA) is 441 Å². The van der Waals surface area contributed by atoms with E-state index in [0.29, 0.717) is 96.8 Å². The maximum Gasteiger partial charge on any atom is 0.246 e. The summed E-state index contributed by atoms with van der Waals surface area (Å²) in [5.41, 5.74) is 39.1. The van der Waals surface area contributed by atoms with E-state index in [2.05, 4.69) is 53.8 Å². The molecule has 4 aliphatic rings. The first kappa shape index (κ1) is 73.9. The molecule has 4 saturated heterocycles. The first-order valence-electron chi connectivity index (χ1n) is 33.2. The molecule has 8 amide bonds. The van der Waals surface area contributed by atoms with Crippen molar-refractivity contribution in [2.24, 2.45) is 55.1 Å². The zero-order valence-corrected chi connectivity index (χ0v) is 53.0. The van der Waals surface area contributed by atoms with Crippen molar-refractivity contribution in [3.8, 4) is 0 Å². The van der Waals surface area contributed by atoms with Crippen LogP contribution >= 0.6 is 0 Å². The minimum absolute atomic E-state index is 0.0809. The smallest absolute Gasteiger partial charge is 0.246 e. The van der Waals surface area contributed by atoms with Crippen LogP contribution in [0.4, 0.5) is 0 Å². The molecule has 0 aliphatic carbocycles. The third-order valence-corrected chi connectivity index (χ3v) is 16.9. The molecule has 20 N–H and O–H groups in total. The predicted molar refractivity (Wildman–Crippen MR) is 343 cm³/mol. The summed E-state index contributed by atoms with van der Waals surface area (Å²) < 4.78 is 0. The second-order valence-corrected chi connectivity index (χ2v) is 23.9. The summed E-state index contributed by atoms with van der Waals surface area (Å²) >= 11 is 0. The molecular formula is C60H112N20O8. The normalized spacial score (nSPS) is 19.2. The Morgan fingerprint density at radius 2 is 0.818 bits per heavy atom. The van der Waals surface area contributed by atoms with E-state index >= 15 is 0 Å². The van der Waals surface area contributed by atoms with Gasteiger partial charge in [0.25, 0.3) is 0 Å². The largest absolute Gasteiger partial charge is 0.370 e. The summed E-state index contributed by atoms with van der Waals surface area (Å²) in [6.45, 7) is 8.33. The number of amides is 8. The number of aliphatic imine (C=N–C) groups is 3. The van der Waals surface area contributed by atoms with Gasteiger partial charge in [0.2, 0.25) is 47.3 Å². The Hall–Kier alpha value is -6.55. The van der Waals surface area contributed by atoms with Gasteiger partial charge in [-0.1, -0.05) is 58.3 Å². The number of guanidine groups is 3. The number of carbonyl (C=O) groups excluding carboxylic acids is 8. The molecule has 0 aromatic carbocycles. The Bertz CT molecular complexity index is 2240. The highest BCUT2D eigenvalue weighted by molar-refractivity contribution is 5.98. The van der Waals surface area contributed by atoms with Crippen LogP contribution in [0.15, 0.2) is 15.0 Å². The maximum atomic E-state index is 14.9. The molecule has 0 aromatic rings. The highest BCUT2D eigenvalue weighted by Crippen LogP contribution is 2.28. The van der Waals surface area contributed by atoms with E-state index in [1.807, 2.05) is 0 Å². The first-order chi connectivity index (χ1) is 42.5. The van der Waals surface area contributed by atoms with Crippen LogP contribution in [-0.4, -0.2) is 212 Å². The average Bonchev–Trinajstić information content (AvgIpc) is 3.21. The van der Waals surface area contributed by atoms with Gasteiger partial charge in [0, 0.05) is 58.8 Å². The second-order valence-electron chi connectivity index (χ2n) is 23.9. The van der Waals surface area contributed by atoms with Gasteiger partial charge >= 0.3 is 0 Å². The Morgan fingerprint density at radius 3 is 1.31 bits per heavy atom. The van der Waals surface area contributed by atoms with Crippen molar-refractivity contribution in [2.45, 2.75) is 229 Å². The number of nitrogens with zero attached hydrogens (tertiary/aromatic N) is 7. The monoisotopic (exact) mass is 1240 g/mol. The summed E-state index contributed by atoms with van der Waals surface area (Å²) in [6.07, 6.45) is 19.0. The lowest BCUT2D eigenvalue weighted by molar-refractivity contribution is -0.148. The fraction of sp³-hybridized carbons (Fsp3) is 0.817. The first-order valence-corrected chi connectivity index (χ1v) is 33.2. The minimum Gasteiger partial charge on any atom is -0.370 e. The number of nitrogens with two attached hydrogens (primary N) is 7. The quantitative estimate of drug-likeness (QED) is 0.0204. The van der Waals surface area contributed by atoms with Crippen LogP contribution in [-0.2, 0) is 38.4 Å². The number of unbranched alkanes of at least 4 members (excludes halogenated alkanes) is 9. The standard InChI is InChI=1S/C60H112N20O8/c1-2-3-4-5-6-7-8-9-10-29-50(81)77-39-16-25-46(77)52(83)75-44(23-14-36-72-59(64)65)55(86)78-40-17-26-47(78)54(85)76-45(24-15-37-73-60(66)67)56(87)80-42-19-28-49(80)57(88)79-41-18-27-48(79)53(84)74-43(22-13-35-71-58(62)63)51(82)70-38-21-34-69-32-12-11-31-68-33-20-30-61/h43-49,68-69H,2-42,61H2,1H3,(H,70,82)(H,74,84)(H,75,83)(H,76,85)(H4,62,63,71)(H4,64,65,72)(H4,66,67,73)/t43-,44-,45-,46-,47-,48-,49-/m0/s1. The van der Waals surface area contributed by atoms with Gasteiger partial charge in [0.1, 0.15) is 42.3 Å². The third kappa shape index (κ3) is 26.7. The molecule has 4 aliphatic heterocycles. The fourth-order valence-corrected chi connectivity index (χ4v) is 12.2. The van der Waals surface area contributed by atoms with Crippen molar-refractivity contribution in [2.75, 3.05) is 85.1 Å². The molecule has 0 aromatic heterocycles. The molecule has 500 valence electrons. The summed E-state index contributed by atoms with van der Waals surface area (Å²) in [5.74, 6) is -3.73. The maximum absolute atomic E-state index is 14.9. The SMILES string of the molecule is CCCCCCCCCCCC(=O)N1CCC[C@H]1C(=O)N[C@@H](CCCN=C(N)N)C(=O)N1CCC[C@H]1C(=O)N[C@@H](CCCN=C(N)N)C(=O)N1CCC[C@H]1C(=O)N1CCC[C@H]1C(=O)N[C@@H](CCCN=C(N)N)C(=O)NCCCNCCCCNCCCN. The molecule has 28 nitrogen and oxygen atoms in total. The van der Waals surface area contributed by atoms with Gasteiger partial charge in [-0.3, -0.25) is 53.3 Å². The minimum atomic E-state index is -1.16. The highest BCUT2D eigenvalue weighted by Gasteiger charge is 2.46. The zero-order valence-electron chi connectivity index (χ0n) is 53.0. The molecule has 4 rings (SSSR count). The van der Waals surface area contributed by atoms with Crippen LogP contribution in [0.25, 0.3) is 0 Å². The zero-order chi connectivity index (χ0) is 64.1. The van der Waals surface area contributed by atoms with E-state index < -0.39 is 77.7 Å². The molecule has 0 radical (unpaired) electrons. The van der Waals surface area contributed by atoms with Gasteiger partial charge in [-0.25, -0.2) is 0 Å². The molecule has 7 atom stereocenters.